The standard InChI is InChI=1S/C10H21F7Si3/c1-7(2-4-18-6-9(13)14)10(20(15,16)17)19-5-3-8(11)12/h7-10H,2-6,18-19H2,1H3. The molecule has 2 unspecified atom stereocenters. The van der Waals surface area contributed by atoms with Crippen LogP contribution in [-0.4, -0.2) is 41.0 Å². The summed E-state index contributed by atoms with van der Waals surface area (Å²) in [5, 5.41) is -1.33. The van der Waals surface area contributed by atoms with Gasteiger partial charge in [-0.15, -0.1) is 0 Å². The number of rotatable bonds is 11. The van der Waals surface area contributed by atoms with Crippen LogP contribution in [0.25, 0.3) is 0 Å². The van der Waals surface area contributed by atoms with E-state index in [4.69, 9.17) is 0 Å². The van der Waals surface area contributed by atoms with Crippen LogP contribution in [0.5, 0.6) is 0 Å². The zero-order valence-electron chi connectivity index (χ0n) is 11.4. The fourth-order valence-electron chi connectivity index (χ4n) is 2.23. The molecule has 0 aliphatic carbocycles. The maximum Gasteiger partial charge on any atom is 0.616 e. The summed E-state index contributed by atoms with van der Waals surface area (Å²) in [6.45, 7) is 1.50. The predicted octanol–water partition coefficient (Wildman–Crippen LogP) is 3.70. The summed E-state index contributed by atoms with van der Waals surface area (Å²) in [5.41, 5.74) is 0. The molecule has 0 aromatic rings. The molecule has 0 aromatic heterocycles. The molecular weight excluding hydrogens is 337 g/mol. The van der Waals surface area contributed by atoms with E-state index in [-0.39, 0.29) is 12.1 Å². The van der Waals surface area contributed by atoms with Crippen molar-refractivity contribution < 1.29 is 29.9 Å². The van der Waals surface area contributed by atoms with Crippen LogP contribution in [0, 0.1) is 5.92 Å². The van der Waals surface area contributed by atoms with E-state index in [9.17, 15) is 29.9 Å². The third kappa shape index (κ3) is 9.97. The molecule has 2 atom stereocenters. The Balaban J connectivity index is 4.18. The van der Waals surface area contributed by atoms with Gasteiger partial charge in [0.2, 0.25) is 12.9 Å². The van der Waals surface area contributed by atoms with Gasteiger partial charge < -0.3 is 0 Å². The normalized spacial score (nSPS) is 17.1. The predicted molar refractivity (Wildman–Crippen MR) is 74.7 cm³/mol. The highest BCUT2D eigenvalue weighted by molar-refractivity contribution is 6.72. The zero-order chi connectivity index (χ0) is 15.8. The van der Waals surface area contributed by atoms with Crippen molar-refractivity contribution in [2.45, 2.75) is 55.9 Å². The Morgan fingerprint density at radius 2 is 1.50 bits per heavy atom. The van der Waals surface area contributed by atoms with E-state index < -0.39 is 58.5 Å². The Morgan fingerprint density at radius 1 is 0.900 bits per heavy atom. The molecule has 0 saturated heterocycles. The first-order valence-electron chi connectivity index (χ1n) is 6.77. The van der Waals surface area contributed by atoms with Crippen molar-refractivity contribution in [3.8, 4) is 0 Å². The Hall–Kier alpha value is 0.161. The van der Waals surface area contributed by atoms with Crippen molar-refractivity contribution in [3.05, 3.63) is 0 Å². The van der Waals surface area contributed by atoms with E-state index >= 15 is 0 Å². The highest BCUT2D eigenvalue weighted by Gasteiger charge is 2.48. The highest BCUT2D eigenvalue weighted by Crippen LogP contribution is 2.36. The Bertz CT molecular complexity index is 247. The van der Waals surface area contributed by atoms with Crippen molar-refractivity contribution in [1.82, 2.24) is 0 Å². The minimum absolute atomic E-state index is 0.00759. The van der Waals surface area contributed by atoms with E-state index in [1.807, 2.05) is 0 Å². The second kappa shape index (κ2) is 9.98. The van der Waals surface area contributed by atoms with E-state index in [1.165, 1.54) is 6.92 Å². The Kier molecular flexibility index (Phi) is 10.1. The minimum atomic E-state index is -5.82. The molecule has 0 radical (unpaired) electrons. The number of alkyl halides is 4. The van der Waals surface area contributed by atoms with Gasteiger partial charge in [-0.1, -0.05) is 25.4 Å². The summed E-state index contributed by atoms with van der Waals surface area (Å²) in [5.74, 6) is -0.573. The molecule has 122 valence electrons. The molecule has 0 bridgehead atoms. The van der Waals surface area contributed by atoms with Crippen LogP contribution in [0.2, 0.25) is 23.3 Å². The first-order valence-corrected chi connectivity index (χ1v) is 12.3. The van der Waals surface area contributed by atoms with Crippen molar-refractivity contribution >= 4 is 28.1 Å². The summed E-state index contributed by atoms with van der Waals surface area (Å²) in [6.07, 6.45) is -5.02. The van der Waals surface area contributed by atoms with Gasteiger partial charge in [-0.2, -0.15) is 0 Å². The maximum atomic E-state index is 13.0. The molecule has 0 saturated carbocycles. The molecule has 20 heavy (non-hydrogen) atoms. The summed E-state index contributed by atoms with van der Waals surface area (Å²) in [4.78, 5) is 0. The average molecular weight is 359 g/mol. The van der Waals surface area contributed by atoms with Gasteiger partial charge in [0.1, 0.15) is 0 Å². The third-order valence-electron chi connectivity index (χ3n) is 3.38. The smallest absolute Gasteiger partial charge is 0.238 e. The van der Waals surface area contributed by atoms with Gasteiger partial charge in [-0.05, 0) is 12.0 Å². The molecule has 0 rings (SSSR count). The topological polar surface area (TPSA) is 0 Å². The van der Waals surface area contributed by atoms with Gasteiger partial charge in [0, 0.05) is 30.6 Å². The van der Waals surface area contributed by atoms with E-state index in [1.54, 1.807) is 0 Å². The highest BCUT2D eigenvalue weighted by atomic mass is 28.5. The third-order valence-corrected chi connectivity index (χ3v) is 11.0. The van der Waals surface area contributed by atoms with Crippen LogP contribution in [0.1, 0.15) is 19.8 Å². The van der Waals surface area contributed by atoms with E-state index in [0.717, 1.165) is 0 Å². The SMILES string of the molecule is CC(CC[SiH2]CC(F)F)C([SiH2]CCC(F)F)[Si](F)(F)F. The molecular formula is C10H21F7Si3. The average Bonchev–Trinajstić information content (AvgIpc) is 2.27. The fraction of sp³-hybridized carbons (Fsp3) is 1.00. The number of halogens is 7. The summed E-state index contributed by atoms with van der Waals surface area (Å²) in [7, 11) is -8.41. The summed E-state index contributed by atoms with van der Waals surface area (Å²) < 4.78 is 86.9. The van der Waals surface area contributed by atoms with Crippen LogP contribution in [0.4, 0.5) is 29.9 Å². The van der Waals surface area contributed by atoms with Crippen LogP contribution < -0.4 is 0 Å². The van der Waals surface area contributed by atoms with Crippen LogP contribution in [0.3, 0.4) is 0 Å². The number of hydrogen-bond donors (Lipinski definition) is 0. The molecule has 0 heterocycles. The molecule has 0 spiro atoms. The maximum absolute atomic E-state index is 13.0. The van der Waals surface area contributed by atoms with Gasteiger partial charge in [0.05, 0.1) is 0 Å². The van der Waals surface area contributed by atoms with Gasteiger partial charge in [0.25, 0.3) is 0 Å². The fourth-order valence-corrected chi connectivity index (χ4v) is 8.28. The van der Waals surface area contributed by atoms with E-state index in [0.29, 0.717) is 12.5 Å². The van der Waals surface area contributed by atoms with E-state index in [2.05, 4.69) is 0 Å². The van der Waals surface area contributed by atoms with Crippen molar-refractivity contribution in [2.75, 3.05) is 0 Å². The van der Waals surface area contributed by atoms with Gasteiger partial charge in [0.15, 0.2) is 0 Å². The molecule has 0 N–H and O–H groups in total. The van der Waals surface area contributed by atoms with Gasteiger partial charge in [-0.3, -0.25) is 0 Å². The Labute approximate surface area is 120 Å². The lowest BCUT2D eigenvalue weighted by molar-refractivity contribution is 0.144. The first-order chi connectivity index (χ1) is 9.14. The lowest BCUT2D eigenvalue weighted by Crippen LogP contribution is -2.33. The molecule has 0 aromatic carbocycles. The molecule has 0 fully saturated rings. The van der Waals surface area contributed by atoms with Crippen LogP contribution in [-0.2, 0) is 0 Å². The molecule has 0 aliphatic heterocycles. The van der Waals surface area contributed by atoms with Gasteiger partial charge >= 0.3 is 9.08 Å². The molecule has 0 nitrogen and oxygen atoms in total. The molecule has 10 heteroatoms. The van der Waals surface area contributed by atoms with Gasteiger partial charge in [-0.25, -0.2) is 29.9 Å². The summed E-state index contributed by atoms with van der Waals surface area (Å²) >= 11 is 0. The van der Waals surface area contributed by atoms with Crippen molar-refractivity contribution in [2.24, 2.45) is 5.92 Å². The second-order valence-electron chi connectivity index (χ2n) is 5.12. The quantitative estimate of drug-likeness (QED) is 0.229. The van der Waals surface area contributed by atoms with Crippen LogP contribution >= 0.6 is 0 Å². The lowest BCUT2D eigenvalue weighted by atomic mass is 10.1. The first kappa shape index (κ1) is 20.2. The van der Waals surface area contributed by atoms with Crippen LogP contribution in [0.15, 0.2) is 0 Å². The number of hydrogen-bond acceptors (Lipinski definition) is 0. The zero-order valence-corrected chi connectivity index (χ0v) is 15.2. The second-order valence-corrected chi connectivity index (χ2v) is 11.9. The summed E-state index contributed by atoms with van der Waals surface area (Å²) in [6, 6.07) is 0.340. The monoisotopic (exact) mass is 358 g/mol. The molecule has 0 amide bonds. The van der Waals surface area contributed by atoms with Crippen molar-refractivity contribution in [1.29, 1.82) is 0 Å². The lowest BCUT2D eigenvalue weighted by Gasteiger charge is -2.24. The largest absolute Gasteiger partial charge is 0.616 e. The van der Waals surface area contributed by atoms with Crippen molar-refractivity contribution in [3.63, 3.8) is 0 Å². The molecule has 0 aliphatic rings. The Morgan fingerprint density at radius 3 is 1.95 bits per heavy atom. The minimum Gasteiger partial charge on any atom is -0.238 e.